The molecule has 1 N–H and O–H groups in total. The number of aryl methyl sites for hydroxylation is 1. The van der Waals surface area contributed by atoms with E-state index in [0.29, 0.717) is 5.25 Å². The number of halogens is 2. The fourth-order valence-corrected chi connectivity index (χ4v) is 3.67. The molecule has 1 aliphatic heterocycles. The largest absolute Gasteiger partial charge is 0.334 e. The topological polar surface area (TPSA) is 24.4 Å². The van der Waals surface area contributed by atoms with Crippen LogP contribution in [0.1, 0.15) is 25.3 Å². The third kappa shape index (κ3) is 3.43. The Bertz CT molecular complexity index is 476. The van der Waals surface area contributed by atoms with Crippen molar-refractivity contribution in [2.75, 3.05) is 11.9 Å². The number of anilines is 1. The van der Waals surface area contributed by atoms with Crippen molar-refractivity contribution in [3.05, 3.63) is 27.2 Å². The number of nitrogens with zero attached hydrogens (tertiary/aromatic N) is 1. The van der Waals surface area contributed by atoms with Crippen molar-refractivity contribution >= 4 is 50.1 Å². The highest BCUT2D eigenvalue weighted by molar-refractivity contribution is 9.10. The molecule has 0 bridgehead atoms. The van der Waals surface area contributed by atoms with Crippen LogP contribution in [0.3, 0.4) is 0 Å². The maximum absolute atomic E-state index is 6.14. The second kappa shape index (κ2) is 6.31. The van der Waals surface area contributed by atoms with Crippen molar-refractivity contribution in [1.82, 2.24) is 0 Å². The summed E-state index contributed by atoms with van der Waals surface area (Å²) < 4.78 is 1.02. The predicted molar refractivity (Wildman–Crippen MR) is 86.1 cm³/mol. The molecule has 0 aromatic heterocycles. The number of rotatable bonds is 3. The van der Waals surface area contributed by atoms with Gasteiger partial charge in [-0.05, 0) is 47.0 Å². The van der Waals surface area contributed by atoms with Crippen LogP contribution in [-0.4, -0.2) is 17.0 Å². The van der Waals surface area contributed by atoms with E-state index >= 15 is 0 Å². The fourth-order valence-electron chi connectivity index (χ4n) is 1.82. The van der Waals surface area contributed by atoms with Crippen molar-refractivity contribution < 1.29 is 0 Å². The van der Waals surface area contributed by atoms with Crippen LogP contribution in [0.25, 0.3) is 0 Å². The number of aliphatic imine (C=N–C) groups is 1. The van der Waals surface area contributed by atoms with Gasteiger partial charge in [0.05, 0.1) is 12.2 Å². The van der Waals surface area contributed by atoms with Crippen molar-refractivity contribution in [1.29, 1.82) is 0 Å². The predicted octanol–water partition coefficient (Wildman–Crippen LogP) is 5.09. The minimum absolute atomic E-state index is 0.622. The first-order valence-electron chi connectivity index (χ1n) is 6.04. The van der Waals surface area contributed by atoms with Gasteiger partial charge in [-0.3, -0.25) is 4.99 Å². The molecule has 1 aromatic carbocycles. The SMILES string of the molecule is CCCC1CN=C(Nc2cc(Cl)c(C)cc2Br)S1. The Morgan fingerprint density at radius 1 is 1.56 bits per heavy atom. The maximum atomic E-state index is 6.14. The first kappa shape index (κ1) is 14.2. The Kier molecular flexibility index (Phi) is 4.98. The van der Waals surface area contributed by atoms with E-state index in [9.17, 15) is 0 Å². The van der Waals surface area contributed by atoms with Gasteiger partial charge in [0.25, 0.3) is 0 Å². The maximum Gasteiger partial charge on any atom is 0.161 e. The number of benzene rings is 1. The highest BCUT2D eigenvalue weighted by atomic mass is 79.9. The molecule has 0 amide bonds. The molecule has 1 aromatic rings. The number of amidine groups is 1. The average molecular weight is 348 g/mol. The van der Waals surface area contributed by atoms with E-state index in [0.717, 1.165) is 32.5 Å². The zero-order valence-electron chi connectivity index (χ0n) is 10.5. The minimum Gasteiger partial charge on any atom is -0.334 e. The molecule has 1 unspecified atom stereocenters. The van der Waals surface area contributed by atoms with Gasteiger partial charge in [-0.2, -0.15) is 0 Å². The molecule has 1 aliphatic rings. The summed E-state index contributed by atoms with van der Waals surface area (Å²) in [5, 5.41) is 5.74. The van der Waals surface area contributed by atoms with Crippen LogP contribution in [-0.2, 0) is 0 Å². The monoisotopic (exact) mass is 346 g/mol. The lowest BCUT2D eigenvalue weighted by molar-refractivity contribution is 0.754. The van der Waals surface area contributed by atoms with Crippen molar-refractivity contribution in [3.8, 4) is 0 Å². The molecule has 0 saturated heterocycles. The van der Waals surface area contributed by atoms with Crippen molar-refractivity contribution in [2.45, 2.75) is 31.9 Å². The van der Waals surface area contributed by atoms with E-state index in [4.69, 9.17) is 11.6 Å². The second-order valence-electron chi connectivity index (χ2n) is 4.38. The summed E-state index contributed by atoms with van der Waals surface area (Å²) in [6, 6.07) is 3.96. The molecule has 0 aliphatic carbocycles. The molecule has 0 radical (unpaired) electrons. The molecule has 2 nitrogen and oxygen atoms in total. The van der Waals surface area contributed by atoms with Gasteiger partial charge in [0.2, 0.25) is 0 Å². The Hall–Kier alpha value is -0.190. The molecule has 2 rings (SSSR count). The van der Waals surface area contributed by atoms with E-state index in [1.54, 1.807) is 0 Å². The van der Waals surface area contributed by atoms with Gasteiger partial charge < -0.3 is 5.32 Å². The summed E-state index contributed by atoms with van der Waals surface area (Å²) in [7, 11) is 0. The molecular formula is C13H16BrClN2S. The lowest BCUT2D eigenvalue weighted by atomic mass is 10.2. The molecule has 0 saturated carbocycles. The Balaban J connectivity index is 2.05. The van der Waals surface area contributed by atoms with Crippen LogP contribution >= 0.6 is 39.3 Å². The quantitative estimate of drug-likeness (QED) is 0.823. The first-order valence-corrected chi connectivity index (χ1v) is 8.09. The number of hydrogen-bond donors (Lipinski definition) is 1. The Labute approximate surface area is 126 Å². The number of thioether (sulfide) groups is 1. The molecule has 98 valence electrons. The van der Waals surface area contributed by atoms with Crippen LogP contribution < -0.4 is 5.32 Å². The lowest BCUT2D eigenvalue weighted by Crippen LogP contribution is -2.08. The Morgan fingerprint density at radius 3 is 3.06 bits per heavy atom. The summed E-state index contributed by atoms with van der Waals surface area (Å²) in [5.74, 6) is 0. The van der Waals surface area contributed by atoms with Gasteiger partial charge in [0.15, 0.2) is 5.17 Å². The molecule has 1 heterocycles. The molecule has 1 atom stereocenters. The highest BCUT2D eigenvalue weighted by Gasteiger charge is 2.19. The third-order valence-electron chi connectivity index (χ3n) is 2.82. The molecular weight excluding hydrogens is 332 g/mol. The number of nitrogens with one attached hydrogen (secondary N) is 1. The molecule has 0 fully saturated rings. The molecule has 18 heavy (non-hydrogen) atoms. The van der Waals surface area contributed by atoms with E-state index < -0.39 is 0 Å². The highest BCUT2D eigenvalue weighted by Crippen LogP contribution is 2.32. The van der Waals surface area contributed by atoms with E-state index in [1.807, 2.05) is 30.8 Å². The van der Waals surface area contributed by atoms with Gasteiger partial charge in [-0.25, -0.2) is 0 Å². The van der Waals surface area contributed by atoms with Crippen molar-refractivity contribution in [3.63, 3.8) is 0 Å². The van der Waals surface area contributed by atoms with Crippen molar-refractivity contribution in [2.24, 2.45) is 4.99 Å². The standard InChI is InChI=1S/C13H16BrClN2S/c1-3-4-9-7-16-13(18-9)17-12-6-11(15)8(2)5-10(12)14/h5-6,9H,3-4,7H2,1-2H3,(H,16,17). The third-order valence-corrected chi connectivity index (χ3v) is 5.05. The van der Waals surface area contributed by atoms with Crippen LogP contribution in [0.15, 0.2) is 21.6 Å². The van der Waals surface area contributed by atoms with Gasteiger partial charge in [0, 0.05) is 14.7 Å². The van der Waals surface area contributed by atoms with Gasteiger partial charge >= 0.3 is 0 Å². The normalized spacial score (nSPS) is 18.9. The van der Waals surface area contributed by atoms with E-state index in [1.165, 1.54) is 12.8 Å². The van der Waals surface area contributed by atoms with Gasteiger partial charge in [-0.15, -0.1) is 0 Å². The van der Waals surface area contributed by atoms with Crippen LogP contribution in [0.4, 0.5) is 5.69 Å². The zero-order chi connectivity index (χ0) is 13.1. The van der Waals surface area contributed by atoms with Gasteiger partial charge in [-0.1, -0.05) is 36.7 Å². The second-order valence-corrected chi connectivity index (χ2v) is 6.93. The smallest absolute Gasteiger partial charge is 0.161 e. The first-order chi connectivity index (χ1) is 8.60. The summed E-state index contributed by atoms with van der Waals surface area (Å²) in [4.78, 5) is 4.53. The summed E-state index contributed by atoms with van der Waals surface area (Å²) in [6.45, 7) is 5.12. The summed E-state index contributed by atoms with van der Waals surface area (Å²) >= 11 is 11.5. The van der Waals surface area contributed by atoms with Crippen LogP contribution in [0.2, 0.25) is 5.02 Å². The lowest BCUT2D eigenvalue weighted by Gasteiger charge is -2.11. The van der Waals surface area contributed by atoms with E-state index in [-0.39, 0.29) is 0 Å². The van der Waals surface area contributed by atoms with Crippen LogP contribution in [0, 0.1) is 6.92 Å². The van der Waals surface area contributed by atoms with Gasteiger partial charge in [0.1, 0.15) is 0 Å². The summed E-state index contributed by atoms with van der Waals surface area (Å²) in [6.07, 6.45) is 2.43. The number of hydrogen-bond acceptors (Lipinski definition) is 3. The Morgan fingerprint density at radius 2 is 2.33 bits per heavy atom. The summed E-state index contributed by atoms with van der Waals surface area (Å²) in [5.41, 5.74) is 2.05. The minimum atomic E-state index is 0.622. The average Bonchev–Trinajstić information content (AvgIpc) is 2.74. The zero-order valence-corrected chi connectivity index (χ0v) is 13.6. The fraction of sp³-hybridized carbons (Fsp3) is 0.462. The van der Waals surface area contributed by atoms with E-state index in [2.05, 4.69) is 33.2 Å². The molecule has 5 heteroatoms. The molecule has 0 spiro atoms. The van der Waals surface area contributed by atoms with Crippen LogP contribution in [0.5, 0.6) is 0 Å².